The molecule has 0 saturated carbocycles. The van der Waals surface area contributed by atoms with Gasteiger partial charge in [-0.25, -0.2) is 9.79 Å². The first-order chi connectivity index (χ1) is 18.5. The Hall–Kier alpha value is -3.89. The fraction of sp³-hybridized carbons (Fsp3) is 0.286. The number of morpholine rings is 1. The van der Waals surface area contributed by atoms with Gasteiger partial charge in [-0.2, -0.15) is 0 Å². The van der Waals surface area contributed by atoms with Crippen molar-refractivity contribution in [2.45, 2.75) is 13.5 Å². The SMILES string of the molecule is CCN1C(=O)C(=Cc2cn(CC(=O)N3CCOCC3)c3ccccc23)SC1=Nc1cccc(C(=O)OC)c1. The molecule has 38 heavy (non-hydrogen) atoms. The van der Waals surface area contributed by atoms with Crippen LogP contribution in [0.2, 0.25) is 0 Å². The maximum absolute atomic E-state index is 13.3. The fourth-order valence-electron chi connectivity index (χ4n) is 4.52. The van der Waals surface area contributed by atoms with Crippen molar-refractivity contribution >= 4 is 57.4 Å². The topological polar surface area (TPSA) is 93.4 Å². The lowest BCUT2D eigenvalue weighted by Crippen LogP contribution is -2.42. The van der Waals surface area contributed by atoms with Gasteiger partial charge in [0.05, 0.1) is 36.5 Å². The van der Waals surface area contributed by atoms with Crippen LogP contribution in [0.15, 0.2) is 64.6 Å². The van der Waals surface area contributed by atoms with E-state index >= 15 is 0 Å². The van der Waals surface area contributed by atoms with E-state index in [1.54, 1.807) is 29.2 Å². The first-order valence-electron chi connectivity index (χ1n) is 12.4. The van der Waals surface area contributed by atoms with Gasteiger partial charge >= 0.3 is 5.97 Å². The molecule has 0 spiro atoms. The molecule has 0 atom stereocenters. The highest BCUT2D eigenvalue weighted by atomic mass is 32.2. The minimum atomic E-state index is -0.446. The monoisotopic (exact) mass is 532 g/mol. The van der Waals surface area contributed by atoms with Crippen molar-refractivity contribution in [1.82, 2.24) is 14.4 Å². The van der Waals surface area contributed by atoms with E-state index in [0.29, 0.717) is 54.2 Å². The summed E-state index contributed by atoms with van der Waals surface area (Å²) in [5.74, 6) is -0.541. The first-order valence-corrected chi connectivity index (χ1v) is 13.2. The minimum absolute atomic E-state index is 0.0420. The molecule has 10 heteroatoms. The van der Waals surface area contributed by atoms with E-state index in [1.807, 2.05) is 52.9 Å². The Balaban J connectivity index is 1.45. The maximum atomic E-state index is 13.3. The highest BCUT2D eigenvalue weighted by Gasteiger charge is 2.32. The third-order valence-electron chi connectivity index (χ3n) is 6.47. The molecule has 3 aromatic rings. The summed E-state index contributed by atoms with van der Waals surface area (Å²) in [7, 11) is 1.33. The standard InChI is InChI=1S/C28H28N4O5S/c1-3-32-26(34)24(38-28(32)29-21-8-6-7-19(15-21)27(35)36-2)16-20-17-31(23-10-5-4-9-22(20)23)18-25(33)30-11-13-37-14-12-30/h4-10,15-17H,3,11-14,18H2,1-2H3. The van der Waals surface area contributed by atoms with E-state index in [9.17, 15) is 14.4 Å². The van der Waals surface area contributed by atoms with Gasteiger partial charge in [-0.3, -0.25) is 14.5 Å². The summed E-state index contributed by atoms with van der Waals surface area (Å²) in [4.78, 5) is 46.8. The average Bonchev–Trinajstić information content (AvgIpc) is 3.44. The number of aromatic nitrogens is 1. The Labute approximate surface area is 224 Å². The Morgan fingerprint density at radius 3 is 2.68 bits per heavy atom. The van der Waals surface area contributed by atoms with Crippen molar-refractivity contribution in [1.29, 1.82) is 0 Å². The number of amides is 2. The number of esters is 1. The van der Waals surface area contributed by atoms with Crippen LogP contribution in [0.25, 0.3) is 17.0 Å². The summed E-state index contributed by atoms with van der Waals surface area (Å²) >= 11 is 1.29. The predicted octanol–water partition coefficient (Wildman–Crippen LogP) is 3.91. The molecule has 1 aromatic heterocycles. The molecule has 2 aliphatic rings. The van der Waals surface area contributed by atoms with E-state index in [-0.39, 0.29) is 18.4 Å². The van der Waals surface area contributed by atoms with Gasteiger partial charge in [0, 0.05) is 42.3 Å². The number of fused-ring (bicyclic) bond motifs is 1. The van der Waals surface area contributed by atoms with E-state index in [2.05, 4.69) is 4.99 Å². The first kappa shape index (κ1) is 25.7. The van der Waals surface area contributed by atoms with E-state index in [0.717, 1.165) is 16.5 Å². The number of likely N-dealkylation sites (N-methyl/N-ethyl adjacent to an activating group) is 1. The van der Waals surface area contributed by atoms with Crippen LogP contribution in [-0.4, -0.2) is 77.3 Å². The van der Waals surface area contributed by atoms with Gasteiger partial charge in [-0.1, -0.05) is 24.3 Å². The molecule has 2 fully saturated rings. The quantitative estimate of drug-likeness (QED) is 0.353. The lowest BCUT2D eigenvalue weighted by atomic mass is 10.1. The van der Waals surface area contributed by atoms with Crippen LogP contribution in [0.3, 0.4) is 0 Å². The maximum Gasteiger partial charge on any atom is 0.337 e. The number of carbonyl (C=O) groups excluding carboxylic acids is 3. The lowest BCUT2D eigenvalue weighted by molar-refractivity contribution is -0.135. The highest BCUT2D eigenvalue weighted by Crippen LogP contribution is 2.35. The molecular formula is C28H28N4O5S. The largest absolute Gasteiger partial charge is 0.465 e. The zero-order valence-corrected chi connectivity index (χ0v) is 22.1. The van der Waals surface area contributed by atoms with Gasteiger partial charge in [0.25, 0.3) is 5.91 Å². The average molecular weight is 533 g/mol. The summed E-state index contributed by atoms with van der Waals surface area (Å²) in [6.45, 7) is 4.86. The molecule has 0 bridgehead atoms. The molecule has 9 nitrogen and oxygen atoms in total. The number of methoxy groups -OCH3 is 1. The van der Waals surface area contributed by atoms with Gasteiger partial charge < -0.3 is 18.9 Å². The summed E-state index contributed by atoms with van der Waals surface area (Å²) in [6.07, 6.45) is 3.79. The number of amidine groups is 1. The Morgan fingerprint density at radius 2 is 1.92 bits per heavy atom. The number of aliphatic imine (C=N–C) groups is 1. The van der Waals surface area contributed by atoms with Crippen LogP contribution >= 0.6 is 11.8 Å². The molecule has 0 aliphatic carbocycles. The highest BCUT2D eigenvalue weighted by molar-refractivity contribution is 8.18. The number of para-hydroxylation sites is 1. The smallest absolute Gasteiger partial charge is 0.337 e. The van der Waals surface area contributed by atoms with Crippen molar-refractivity contribution in [2.75, 3.05) is 40.0 Å². The van der Waals surface area contributed by atoms with E-state index < -0.39 is 5.97 Å². The molecule has 0 unspecified atom stereocenters. The molecule has 2 saturated heterocycles. The van der Waals surface area contributed by atoms with E-state index in [4.69, 9.17) is 9.47 Å². The number of benzene rings is 2. The van der Waals surface area contributed by atoms with E-state index in [1.165, 1.54) is 18.9 Å². The molecule has 5 rings (SSSR count). The van der Waals surface area contributed by atoms with Crippen molar-refractivity contribution in [3.8, 4) is 0 Å². The molecule has 2 aliphatic heterocycles. The molecule has 0 radical (unpaired) electrons. The van der Waals surface area contributed by atoms with Gasteiger partial charge in [-0.15, -0.1) is 0 Å². The number of rotatable bonds is 6. The fourth-order valence-corrected chi connectivity index (χ4v) is 5.58. The summed E-state index contributed by atoms with van der Waals surface area (Å²) in [5, 5.41) is 1.50. The Kier molecular flexibility index (Phi) is 7.62. The zero-order chi connectivity index (χ0) is 26.6. The number of thioether (sulfide) groups is 1. The third-order valence-corrected chi connectivity index (χ3v) is 7.48. The van der Waals surface area contributed by atoms with Gasteiger partial charge in [-0.05, 0) is 49.0 Å². The second-order valence-corrected chi connectivity index (χ2v) is 9.83. The number of ether oxygens (including phenoxy) is 2. The third kappa shape index (κ3) is 5.23. The van der Waals surface area contributed by atoms with Crippen LogP contribution in [-0.2, 0) is 25.6 Å². The van der Waals surface area contributed by atoms with Gasteiger partial charge in [0.2, 0.25) is 5.91 Å². The number of carbonyl (C=O) groups is 3. The van der Waals surface area contributed by atoms with Crippen molar-refractivity contribution in [3.05, 3.63) is 70.8 Å². The number of nitrogens with zero attached hydrogens (tertiary/aromatic N) is 4. The molecular weight excluding hydrogens is 504 g/mol. The molecule has 196 valence electrons. The van der Waals surface area contributed by atoms with Gasteiger partial charge in [0.15, 0.2) is 5.17 Å². The van der Waals surface area contributed by atoms with Crippen LogP contribution in [0, 0.1) is 0 Å². The predicted molar refractivity (Wildman–Crippen MR) is 147 cm³/mol. The van der Waals surface area contributed by atoms with Gasteiger partial charge in [0.1, 0.15) is 6.54 Å². The molecule has 0 N–H and O–H groups in total. The molecule has 2 amide bonds. The number of hydrogen-bond donors (Lipinski definition) is 0. The Bertz CT molecular complexity index is 1450. The lowest BCUT2D eigenvalue weighted by Gasteiger charge is -2.27. The van der Waals surface area contributed by atoms with Crippen LogP contribution in [0.1, 0.15) is 22.8 Å². The summed E-state index contributed by atoms with van der Waals surface area (Å²) in [6, 6.07) is 14.7. The van der Waals surface area contributed by atoms with Crippen molar-refractivity contribution < 1.29 is 23.9 Å². The van der Waals surface area contributed by atoms with Crippen LogP contribution in [0.4, 0.5) is 5.69 Å². The van der Waals surface area contributed by atoms with Crippen LogP contribution in [0.5, 0.6) is 0 Å². The number of hydrogen-bond acceptors (Lipinski definition) is 7. The normalized spacial score (nSPS) is 18.1. The second kappa shape index (κ2) is 11.2. The van der Waals surface area contributed by atoms with Crippen molar-refractivity contribution in [3.63, 3.8) is 0 Å². The molecule has 2 aromatic carbocycles. The van der Waals surface area contributed by atoms with Crippen molar-refractivity contribution in [2.24, 2.45) is 4.99 Å². The van der Waals surface area contributed by atoms with Crippen LogP contribution < -0.4 is 0 Å². The Morgan fingerprint density at radius 1 is 1.13 bits per heavy atom. The minimum Gasteiger partial charge on any atom is -0.465 e. The zero-order valence-electron chi connectivity index (χ0n) is 21.3. The molecule has 3 heterocycles. The second-order valence-electron chi connectivity index (χ2n) is 8.82. The summed E-state index contributed by atoms with van der Waals surface area (Å²) in [5.41, 5.74) is 2.73. The summed E-state index contributed by atoms with van der Waals surface area (Å²) < 4.78 is 12.1.